The van der Waals surface area contributed by atoms with Crippen molar-refractivity contribution in [3.63, 3.8) is 0 Å². The van der Waals surface area contributed by atoms with E-state index in [0.29, 0.717) is 11.6 Å². The molecule has 110 valence electrons. The number of nitrogens with one attached hydrogen (secondary N) is 2. The van der Waals surface area contributed by atoms with E-state index in [1.165, 1.54) is 4.88 Å². The van der Waals surface area contributed by atoms with Crippen molar-refractivity contribution in [1.82, 2.24) is 19.9 Å². The largest absolute Gasteiger partial charge is 0.354 e. The highest BCUT2D eigenvalue weighted by Gasteiger charge is 2.15. The summed E-state index contributed by atoms with van der Waals surface area (Å²) in [4.78, 5) is 20.0. The summed E-state index contributed by atoms with van der Waals surface area (Å²) in [5, 5.41) is 5.26. The second kappa shape index (κ2) is 6.09. The van der Waals surface area contributed by atoms with E-state index in [0.717, 1.165) is 31.0 Å². The molecule has 7 heteroatoms. The average Bonchev–Trinajstić information content (AvgIpc) is 3.15. The van der Waals surface area contributed by atoms with Gasteiger partial charge in [-0.3, -0.25) is 0 Å². The standard InChI is InChI=1S/C14H18N6S/c1-3-15-14-18-12-11(16-9-17-12)13(19-14)20(4-2)8-10-6-5-7-21-10/h5-7,9H,3-4,8H2,1-2H3,(H2,15,16,17,18,19). The lowest BCUT2D eigenvalue weighted by Crippen LogP contribution is -2.23. The van der Waals surface area contributed by atoms with Gasteiger partial charge >= 0.3 is 0 Å². The van der Waals surface area contributed by atoms with Crippen LogP contribution in [0, 0.1) is 0 Å². The molecule has 0 aliphatic rings. The SMILES string of the molecule is CCNc1nc(N(CC)Cc2cccs2)c2[nH]cnc2n1. The van der Waals surface area contributed by atoms with Gasteiger partial charge in [0.2, 0.25) is 5.95 Å². The Bertz CT molecular complexity index is 705. The van der Waals surface area contributed by atoms with Crippen molar-refractivity contribution in [3.05, 3.63) is 28.7 Å². The van der Waals surface area contributed by atoms with Gasteiger partial charge in [-0.2, -0.15) is 9.97 Å². The van der Waals surface area contributed by atoms with Gasteiger partial charge in [-0.25, -0.2) is 4.98 Å². The van der Waals surface area contributed by atoms with Crippen LogP contribution in [0.25, 0.3) is 11.2 Å². The number of H-pyrrole nitrogens is 1. The van der Waals surface area contributed by atoms with Crippen LogP contribution in [-0.4, -0.2) is 33.0 Å². The number of imidazole rings is 1. The van der Waals surface area contributed by atoms with Crippen LogP contribution in [0.15, 0.2) is 23.8 Å². The maximum atomic E-state index is 4.65. The summed E-state index contributed by atoms with van der Waals surface area (Å²) in [6.07, 6.45) is 1.66. The molecule has 0 saturated carbocycles. The minimum absolute atomic E-state index is 0.622. The average molecular weight is 302 g/mol. The Morgan fingerprint density at radius 2 is 2.24 bits per heavy atom. The molecule has 0 bridgehead atoms. The second-order valence-corrected chi connectivity index (χ2v) is 5.63. The van der Waals surface area contributed by atoms with Crippen molar-refractivity contribution in [1.29, 1.82) is 0 Å². The maximum absolute atomic E-state index is 4.65. The topological polar surface area (TPSA) is 69.7 Å². The Labute approximate surface area is 127 Å². The van der Waals surface area contributed by atoms with Gasteiger partial charge in [0, 0.05) is 18.0 Å². The predicted molar refractivity (Wildman–Crippen MR) is 86.9 cm³/mol. The number of hydrogen-bond acceptors (Lipinski definition) is 6. The van der Waals surface area contributed by atoms with Gasteiger partial charge in [0.15, 0.2) is 11.5 Å². The number of thiophene rings is 1. The highest BCUT2D eigenvalue weighted by atomic mass is 32.1. The van der Waals surface area contributed by atoms with E-state index in [1.807, 2.05) is 6.92 Å². The maximum Gasteiger partial charge on any atom is 0.226 e. The Morgan fingerprint density at radius 3 is 2.95 bits per heavy atom. The molecule has 0 fully saturated rings. The lowest BCUT2D eigenvalue weighted by molar-refractivity contribution is 0.825. The molecule has 3 rings (SSSR count). The third-order valence-corrected chi connectivity index (χ3v) is 4.07. The minimum Gasteiger partial charge on any atom is -0.354 e. The fraction of sp³-hybridized carbons (Fsp3) is 0.357. The molecular weight excluding hydrogens is 284 g/mol. The number of fused-ring (bicyclic) bond motifs is 1. The third-order valence-electron chi connectivity index (χ3n) is 3.21. The van der Waals surface area contributed by atoms with E-state index in [4.69, 9.17) is 0 Å². The molecule has 0 aliphatic heterocycles. The molecular formula is C14H18N6S. The molecule has 3 heterocycles. The van der Waals surface area contributed by atoms with E-state index in [1.54, 1.807) is 17.7 Å². The zero-order chi connectivity index (χ0) is 14.7. The van der Waals surface area contributed by atoms with Crippen LogP contribution < -0.4 is 10.2 Å². The number of aromatic amines is 1. The quantitative estimate of drug-likeness (QED) is 0.732. The van der Waals surface area contributed by atoms with Crippen LogP contribution in [0.4, 0.5) is 11.8 Å². The van der Waals surface area contributed by atoms with Crippen LogP contribution in [0.3, 0.4) is 0 Å². The van der Waals surface area contributed by atoms with Gasteiger partial charge in [0.25, 0.3) is 0 Å². The summed E-state index contributed by atoms with van der Waals surface area (Å²) in [6, 6.07) is 4.22. The Kier molecular flexibility index (Phi) is 4.01. The molecule has 3 aromatic rings. The van der Waals surface area contributed by atoms with Crippen LogP contribution in [-0.2, 0) is 6.54 Å². The summed E-state index contributed by atoms with van der Waals surface area (Å²) >= 11 is 1.76. The Hall–Kier alpha value is -2.15. The van der Waals surface area contributed by atoms with Crippen molar-refractivity contribution < 1.29 is 0 Å². The van der Waals surface area contributed by atoms with E-state index in [9.17, 15) is 0 Å². The predicted octanol–water partition coefficient (Wildman–Crippen LogP) is 2.87. The van der Waals surface area contributed by atoms with Crippen LogP contribution in [0.5, 0.6) is 0 Å². The van der Waals surface area contributed by atoms with Crippen molar-refractivity contribution >= 4 is 34.3 Å². The van der Waals surface area contributed by atoms with E-state index in [-0.39, 0.29) is 0 Å². The number of anilines is 2. The molecule has 0 spiro atoms. The van der Waals surface area contributed by atoms with Gasteiger partial charge in [-0.05, 0) is 25.3 Å². The number of nitrogens with zero attached hydrogens (tertiary/aromatic N) is 4. The van der Waals surface area contributed by atoms with Crippen LogP contribution in [0.2, 0.25) is 0 Å². The smallest absolute Gasteiger partial charge is 0.226 e. The van der Waals surface area contributed by atoms with Gasteiger partial charge in [0.1, 0.15) is 5.52 Å². The van der Waals surface area contributed by atoms with Crippen molar-refractivity contribution in [2.75, 3.05) is 23.3 Å². The molecule has 0 unspecified atom stereocenters. The first-order valence-corrected chi connectivity index (χ1v) is 7.92. The Balaban J connectivity index is 2.01. The molecule has 3 aromatic heterocycles. The summed E-state index contributed by atoms with van der Waals surface area (Å²) in [6.45, 7) is 6.65. The molecule has 6 nitrogen and oxygen atoms in total. The van der Waals surface area contributed by atoms with Gasteiger partial charge in [-0.1, -0.05) is 6.07 Å². The molecule has 0 atom stereocenters. The van der Waals surface area contributed by atoms with Crippen LogP contribution >= 0.6 is 11.3 Å². The molecule has 0 amide bonds. The number of aromatic nitrogens is 4. The molecule has 0 saturated heterocycles. The number of hydrogen-bond donors (Lipinski definition) is 2. The summed E-state index contributed by atoms with van der Waals surface area (Å²) in [5.74, 6) is 1.51. The van der Waals surface area contributed by atoms with Crippen LogP contribution in [0.1, 0.15) is 18.7 Å². The monoisotopic (exact) mass is 302 g/mol. The lowest BCUT2D eigenvalue weighted by Gasteiger charge is -2.22. The highest BCUT2D eigenvalue weighted by molar-refractivity contribution is 7.09. The molecule has 2 N–H and O–H groups in total. The first-order valence-electron chi connectivity index (χ1n) is 7.04. The third kappa shape index (κ3) is 2.82. The van der Waals surface area contributed by atoms with Gasteiger partial charge in [0.05, 0.1) is 12.9 Å². The molecule has 21 heavy (non-hydrogen) atoms. The second-order valence-electron chi connectivity index (χ2n) is 4.60. The zero-order valence-corrected chi connectivity index (χ0v) is 12.9. The first kappa shape index (κ1) is 13.8. The molecule has 0 radical (unpaired) electrons. The minimum atomic E-state index is 0.622. The summed E-state index contributed by atoms with van der Waals surface area (Å²) in [5.41, 5.74) is 1.58. The normalized spacial score (nSPS) is 11.0. The zero-order valence-electron chi connectivity index (χ0n) is 12.1. The fourth-order valence-corrected chi connectivity index (χ4v) is 2.93. The Morgan fingerprint density at radius 1 is 1.33 bits per heavy atom. The van der Waals surface area contributed by atoms with E-state index >= 15 is 0 Å². The summed E-state index contributed by atoms with van der Waals surface area (Å²) < 4.78 is 0. The van der Waals surface area contributed by atoms with Crippen molar-refractivity contribution in [2.24, 2.45) is 0 Å². The van der Waals surface area contributed by atoms with E-state index in [2.05, 4.69) is 54.6 Å². The lowest BCUT2D eigenvalue weighted by atomic mass is 10.3. The van der Waals surface area contributed by atoms with Crippen molar-refractivity contribution in [3.8, 4) is 0 Å². The van der Waals surface area contributed by atoms with Gasteiger partial charge < -0.3 is 15.2 Å². The first-order chi connectivity index (χ1) is 10.3. The van der Waals surface area contributed by atoms with Crippen molar-refractivity contribution in [2.45, 2.75) is 20.4 Å². The van der Waals surface area contributed by atoms with E-state index < -0.39 is 0 Å². The molecule has 0 aromatic carbocycles. The highest BCUT2D eigenvalue weighted by Crippen LogP contribution is 2.25. The number of rotatable bonds is 6. The molecule has 0 aliphatic carbocycles. The van der Waals surface area contributed by atoms with Gasteiger partial charge in [-0.15, -0.1) is 11.3 Å². The summed E-state index contributed by atoms with van der Waals surface area (Å²) in [7, 11) is 0. The fourth-order valence-electron chi connectivity index (χ4n) is 2.21.